The van der Waals surface area contributed by atoms with Crippen molar-refractivity contribution in [3.8, 4) is 0 Å². The van der Waals surface area contributed by atoms with Crippen LogP contribution >= 0.6 is 0 Å². The molecular formula is C24H30O6. The molecule has 0 aliphatic carbocycles. The minimum Gasteiger partial charge on any atom is -0.394 e. The van der Waals surface area contributed by atoms with Gasteiger partial charge in [0.25, 0.3) is 0 Å². The van der Waals surface area contributed by atoms with Crippen LogP contribution in [0.1, 0.15) is 46.0 Å². The molecule has 2 aliphatic heterocycles. The molecule has 2 aromatic carbocycles. The SMILES string of the molecule is Cc1ccc([C@H]2OC[C@H]3O[C@@H](c4ccc(C)c(C)c4)O[C@H]([C@@H](O)CO)[C@@H]3O2)cc1C. The van der Waals surface area contributed by atoms with E-state index in [9.17, 15) is 10.2 Å². The summed E-state index contributed by atoms with van der Waals surface area (Å²) in [5, 5.41) is 20.1. The Kier molecular flexibility index (Phi) is 6.25. The lowest BCUT2D eigenvalue weighted by Crippen LogP contribution is -2.58. The van der Waals surface area contributed by atoms with Crippen molar-refractivity contribution in [3.05, 3.63) is 69.8 Å². The Morgan fingerprint density at radius 3 is 2.00 bits per heavy atom. The zero-order chi connectivity index (χ0) is 21.4. The highest BCUT2D eigenvalue weighted by molar-refractivity contribution is 5.32. The fourth-order valence-corrected chi connectivity index (χ4v) is 3.93. The van der Waals surface area contributed by atoms with Crippen molar-refractivity contribution in [2.45, 2.75) is 64.7 Å². The molecule has 2 saturated heterocycles. The molecule has 0 unspecified atom stereocenters. The lowest BCUT2D eigenvalue weighted by molar-refractivity contribution is -0.373. The third kappa shape index (κ3) is 4.17. The lowest BCUT2D eigenvalue weighted by Gasteiger charge is -2.47. The van der Waals surface area contributed by atoms with Crippen molar-refractivity contribution in [2.75, 3.05) is 13.2 Å². The fraction of sp³-hybridized carbons (Fsp3) is 0.500. The number of rotatable bonds is 4. The van der Waals surface area contributed by atoms with E-state index in [0.717, 1.165) is 22.3 Å². The van der Waals surface area contributed by atoms with Crippen molar-refractivity contribution in [1.29, 1.82) is 0 Å². The van der Waals surface area contributed by atoms with Gasteiger partial charge >= 0.3 is 0 Å². The number of aliphatic hydroxyl groups excluding tert-OH is 2. The number of fused-ring (bicyclic) bond motifs is 1. The van der Waals surface area contributed by atoms with Crippen molar-refractivity contribution < 1.29 is 29.2 Å². The summed E-state index contributed by atoms with van der Waals surface area (Å²) in [5.74, 6) is 0. The maximum Gasteiger partial charge on any atom is 0.184 e. The van der Waals surface area contributed by atoms with Crippen LogP contribution in [0.25, 0.3) is 0 Å². The van der Waals surface area contributed by atoms with Crippen LogP contribution in [-0.4, -0.2) is 47.8 Å². The second kappa shape index (κ2) is 8.75. The number of aliphatic hydroxyl groups is 2. The van der Waals surface area contributed by atoms with E-state index in [1.165, 1.54) is 11.1 Å². The van der Waals surface area contributed by atoms with Crippen LogP contribution < -0.4 is 0 Å². The Labute approximate surface area is 177 Å². The van der Waals surface area contributed by atoms with Crippen LogP contribution in [0, 0.1) is 27.7 Å². The predicted octanol–water partition coefficient (Wildman–Crippen LogP) is 3.17. The first-order chi connectivity index (χ1) is 14.4. The summed E-state index contributed by atoms with van der Waals surface area (Å²) in [7, 11) is 0. The molecule has 6 nitrogen and oxygen atoms in total. The highest BCUT2D eigenvalue weighted by atomic mass is 16.8. The summed E-state index contributed by atoms with van der Waals surface area (Å²) in [5.41, 5.74) is 6.43. The van der Waals surface area contributed by atoms with E-state index >= 15 is 0 Å². The first kappa shape index (κ1) is 21.4. The van der Waals surface area contributed by atoms with E-state index in [2.05, 4.69) is 6.92 Å². The van der Waals surface area contributed by atoms with Crippen LogP contribution in [0.5, 0.6) is 0 Å². The maximum absolute atomic E-state index is 10.5. The zero-order valence-electron chi connectivity index (χ0n) is 17.9. The molecule has 2 fully saturated rings. The lowest BCUT2D eigenvalue weighted by atomic mass is 9.98. The van der Waals surface area contributed by atoms with Gasteiger partial charge in [0.15, 0.2) is 12.6 Å². The maximum atomic E-state index is 10.5. The third-order valence-electron chi connectivity index (χ3n) is 6.13. The average Bonchev–Trinajstić information content (AvgIpc) is 2.75. The van der Waals surface area contributed by atoms with E-state index in [1.54, 1.807) is 0 Å². The van der Waals surface area contributed by atoms with Crippen LogP contribution in [-0.2, 0) is 18.9 Å². The van der Waals surface area contributed by atoms with E-state index in [1.807, 2.05) is 57.2 Å². The Morgan fingerprint density at radius 2 is 1.43 bits per heavy atom. The molecule has 4 rings (SSSR count). The van der Waals surface area contributed by atoms with Crippen LogP contribution in [0.15, 0.2) is 36.4 Å². The van der Waals surface area contributed by atoms with E-state index in [-0.39, 0.29) is 0 Å². The standard InChI is InChI=1S/C24H30O6/c1-13-5-7-17(9-15(13)3)23-27-12-20-22(30-23)21(19(26)11-25)29-24(28-20)18-8-6-14(2)16(4)10-18/h5-10,19-26H,11-12H2,1-4H3/t19-,20+,21+,22+,23-,24+/m0/s1. The zero-order valence-corrected chi connectivity index (χ0v) is 17.9. The van der Waals surface area contributed by atoms with Gasteiger partial charge in [-0.05, 0) is 49.9 Å². The quantitative estimate of drug-likeness (QED) is 0.800. The van der Waals surface area contributed by atoms with Gasteiger partial charge in [-0.3, -0.25) is 0 Å². The van der Waals surface area contributed by atoms with Gasteiger partial charge in [0.1, 0.15) is 24.4 Å². The first-order valence-electron chi connectivity index (χ1n) is 10.4. The van der Waals surface area contributed by atoms with Gasteiger partial charge < -0.3 is 29.2 Å². The Balaban J connectivity index is 1.57. The second-order valence-electron chi connectivity index (χ2n) is 8.31. The van der Waals surface area contributed by atoms with Crippen molar-refractivity contribution in [3.63, 3.8) is 0 Å². The molecule has 0 aromatic heterocycles. The summed E-state index contributed by atoms with van der Waals surface area (Å²) in [6, 6.07) is 12.1. The molecule has 2 heterocycles. The van der Waals surface area contributed by atoms with E-state index in [0.29, 0.717) is 6.61 Å². The van der Waals surface area contributed by atoms with E-state index in [4.69, 9.17) is 18.9 Å². The van der Waals surface area contributed by atoms with Gasteiger partial charge in [-0.1, -0.05) is 36.4 Å². The molecule has 6 heteroatoms. The van der Waals surface area contributed by atoms with E-state index < -0.39 is 43.6 Å². The van der Waals surface area contributed by atoms with Gasteiger partial charge in [-0.15, -0.1) is 0 Å². The van der Waals surface area contributed by atoms with Gasteiger partial charge in [-0.25, -0.2) is 0 Å². The molecule has 0 amide bonds. The molecule has 2 N–H and O–H groups in total. The summed E-state index contributed by atoms with van der Waals surface area (Å²) in [4.78, 5) is 0. The average molecular weight is 414 g/mol. The smallest absolute Gasteiger partial charge is 0.184 e. The summed E-state index contributed by atoms with van der Waals surface area (Å²) in [6.07, 6.45) is -4.05. The first-order valence-corrected chi connectivity index (χ1v) is 10.4. The van der Waals surface area contributed by atoms with Crippen molar-refractivity contribution >= 4 is 0 Å². The second-order valence-corrected chi connectivity index (χ2v) is 8.31. The molecule has 162 valence electrons. The highest BCUT2D eigenvalue weighted by Crippen LogP contribution is 2.39. The Hall–Kier alpha value is -1.80. The Bertz CT molecular complexity index is 895. The molecule has 0 bridgehead atoms. The van der Waals surface area contributed by atoms with Crippen LogP contribution in [0.2, 0.25) is 0 Å². The third-order valence-corrected chi connectivity index (χ3v) is 6.13. The summed E-state index contributed by atoms with van der Waals surface area (Å²) >= 11 is 0. The molecule has 30 heavy (non-hydrogen) atoms. The minimum atomic E-state index is -1.09. The molecule has 2 aromatic rings. The fourth-order valence-electron chi connectivity index (χ4n) is 3.93. The van der Waals surface area contributed by atoms with Crippen LogP contribution in [0.3, 0.4) is 0 Å². The molecule has 0 saturated carbocycles. The van der Waals surface area contributed by atoms with Crippen LogP contribution in [0.4, 0.5) is 0 Å². The van der Waals surface area contributed by atoms with Gasteiger partial charge in [0, 0.05) is 11.1 Å². The Morgan fingerprint density at radius 1 is 0.833 bits per heavy atom. The monoisotopic (exact) mass is 414 g/mol. The number of benzene rings is 2. The number of hydrogen-bond acceptors (Lipinski definition) is 6. The minimum absolute atomic E-state index is 0.307. The number of aryl methyl sites for hydroxylation is 4. The van der Waals surface area contributed by atoms with Gasteiger partial charge in [-0.2, -0.15) is 0 Å². The summed E-state index contributed by atoms with van der Waals surface area (Å²) < 4.78 is 24.4. The molecular weight excluding hydrogens is 384 g/mol. The highest BCUT2D eigenvalue weighted by Gasteiger charge is 2.48. The van der Waals surface area contributed by atoms with Crippen molar-refractivity contribution in [1.82, 2.24) is 0 Å². The normalized spacial score (nSPS) is 30.0. The number of hydrogen-bond donors (Lipinski definition) is 2. The van der Waals surface area contributed by atoms with Gasteiger partial charge in [0.05, 0.1) is 13.2 Å². The molecule has 6 atom stereocenters. The molecule has 0 spiro atoms. The predicted molar refractivity (Wildman–Crippen MR) is 111 cm³/mol. The molecule has 2 aliphatic rings. The summed E-state index contributed by atoms with van der Waals surface area (Å²) in [6.45, 7) is 8.07. The van der Waals surface area contributed by atoms with Gasteiger partial charge in [0.2, 0.25) is 0 Å². The number of ether oxygens (including phenoxy) is 4. The largest absolute Gasteiger partial charge is 0.394 e. The molecule has 0 radical (unpaired) electrons. The van der Waals surface area contributed by atoms with Crippen molar-refractivity contribution in [2.24, 2.45) is 0 Å². The topological polar surface area (TPSA) is 77.4 Å².